The summed E-state index contributed by atoms with van der Waals surface area (Å²) in [5.41, 5.74) is 6.03. The molecule has 1 aromatic rings. The quantitative estimate of drug-likeness (QED) is 0.713. The molecule has 17 heavy (non-hydrogen) atoms. The number of nitrogens with two attached hydrogens (primary N) is 1. The van der Waals surface area contributed by atoms with Gasteiger partial charge in [0.25, 0.3) is 5.91 Å². The van der Waals surface area contributed by atoms with Gasteiger partial charge in [0, 0.05) is 18.3 Å². The van der Waals surface area contributed by atoms with Crippen molar-refractivity contribution in [2.75, 3.05) is 6.54 Å². The summed E-state index contributed by atoms with van der Waals surface area (Å²) in [6, 6.07) is 1.37. The van der Waals surface area contributed by atoms with E-state index in [1.165, 1.54) is 18.5 Å². The third kappa shape index (κ3) is 3.71. The van der Waals surface area contributed by atoms with E-state index < -0.39 is 0 Å². The molecule has 0 saturated carbocycles. The number of carbonyl (C=O) groups is 1. The Morgan fingerprint density at radius 1 is 1.47 bits per heavy atom. The van der Waals surface area contributed by atoms with Crippen LogP contribution in [-0.2, 0) is 0 Å². The van der Waals surface area contributed by atoms with E-state index in [-0.39, 0.29) is 17.2 Å². The molecule has 0 bridgehead atoms. The largest absolute Gasteiger partial charge is 0.506 e. The summed E-state index contributed by atoms with van der Waals surface area (Å²) in [5, 5.41) is 12.0. The van der Waals surface area contributed by atoms with Gasteiger partial charge in [-0.05, 0) is 18.9 Å². The summed E-state index contributed by atoms with van der Waals surface area (Å²) in [4.78, 5) is 15.5. The maximum Gasteiger partial charge on any atom is 0.253 e. The average molecular weight is 237 g/mol. The van der Waals surface area contributed by atoms with E-state index in [4.69, 9.17) is 5.73 Å². The van der Waals surface area contributed by atoms with E-state index in [9.17, 15) is 9.90 Å². The van der Waals surface area contributed by atoms with Crippen LogP contribution in [0, 0.1) is 0 Å². The molecule has 0 radical (unpaired) electrons. The van der Waals surface area contributed by atoms with Gasteiger partial charge in [-0.1, -0.05) is 13.8 Å². The van der Waals surface area contributed by atoms with Gasteiger partial charge in [0.15, 0.2) is 0 Å². The first-order valence-electron chi connectivity index (χ1n) is 5.72. The highest BCUT2D eigenvalue weighted by Crippen LogP contribution is 2.11. The van der Waals surface area contributed by atoms with E-state index >= 15 is 0 Å². The van der Waals surface area contributed by atoms with Crippen LogP contribution in [0.15, 0.2) is 18.5 Å². The summed E-state index contributed by atoms with van der Waals surface area (Å²) in [5.74, 6) is -0.298. The van der Waals surface area contributed by atoms with Gasteiger partial charge in [-0.2, -0.15) is 0 Å². The molecule has 94 valence electrons. The minimum atomic E-state index is -0.375. The van der Waals surface area contributed by atoms with Crippen LogP contribution in [0.5, 0.6) is 5.75 Å². The lowest BCUT2D eigenvalue weighted by Gasteiger charge is -2.26. The van der Waals surface area contributed by atoms with Crippen LogP contribution in [0.4, 0.5) is 0 Å². The molecule has 5 heteroatoms. The fourth-order valence-electron chi connectivity index (χ4n) is 1.41. The maximum atomic E-state index is 11.8. The van der Waals surface area contributed by atoms with Crippen molar-refractivity contribution in [3.63, 3.8) is 0 Å². The van der Waals surface area contributed by atoms with Gasteiger partial charge in [-0.15, -0.1) is 0 Å². The van der Waals surface area contributed by atoms with Crippen LogP contribution in [0.25, 0.3) is 0 Å². The molecule has 0 fully saturated rings. The lowest BCUT2D eigenvalue weighted by molar-refractivity contribution is 0.0941. The van der Waals surface area contributed by atoms with Crippen LogP contribution < -0.4 is 11.1 Å². The maximum absolute atomic E-state index is 11.8. The fourth-order valence-corrected chi connectivity index (χ4v) is 1.41. The Morgan fingerprint density at radius 2 is 2.12 bits per heavy atom. The number of aromatic hydroxyl groups is 1. The Hall–Kier alpha value is -1.62. The standard InChI is InChI=1S/C12H19N3O2/c1-3-12(13,4-2)8-15-11(17)9-5-10(16)7-14-6-9/h5-7,16H,3-4,8,13H2,1-2H3,(H,15,17). The molecule has 1 heterocycles. The Labute approximate surface area is 101 Å². The van der Waals surface area contributed by atoms with Crippen molar-refractivity contribution >= 4 is 5.91 Å². The number of hydrogen-bond donors (Lipinski definition) is 3. The van der Waals surface area contributed by atoms with Crippen LogP contribution in [-0.4, -0.2) is 28.1 Å². The van der Waals surface area contributed by atoms with Gasteiger partial charge < -0.3 is 16.2 Å². The fraction of sp³-hybridized carbons (Fsp3) is 0.500. The van der Waals surface area contributed by atoms with Gasteiger partial charge in [-0.3, -0.25) is 9.78 Å². The van der Waals surface area contributed by atoms with Gasteiger partial charge in [-0.25, -0.2) is 0 Å². The molecule has 0 atom stereocenters. The number of rotatable bonds is 5. The number of nitrogens with zero attached hydrogens (tertiary/aromatic N) is 1. The van der Waals surface area contributed by atoms with E-state index in [1.807, 2.05) is 13.8 Å². The Bertz CT molecular complexity index is 389. The number of carbonyl (C=O) groups excluding carboxylic acids is 1. The third-order valence-electron chi connectivity index (χ3n) is 3.00. The van der Waals surface area contributed by atoms with Crippen LogP contribution in [0.3, 0.4) is 0 Å². The Balaban J connectivity index is 2.62. The van der Waals surface area contributed by atoms with E-state index in [0.717, 1.165) is 12.8 Å². The Kier molecular flexibility index (Phi) is 4.45. The average Bonchev–Trinajstić information content (AvgIpc) is 2.35. The predicted molar refractivity (Wildman–Crippen MR) is 65.7 cm³/mol. The lowest BCUT2D eigenvalue weighted by Crippen LogP contribution is -2.49. The van der Waals surface area contributed by atoms with Crippen molar-refractivity contribution in [1.82, 2.24) is 10.3 Å². The predicted octanol–water partition coefficient (Wildman–Crippen LogP) is 1.03. The number of aromatic nitrogens is 1. The Morgan fingerprint density at radius 3 is 2.65 bits per heavy atom. The monoisotopic (exact) mass is 237 g/mol. The highest BCUT2D eigenvalue weighted by Gasteiger charge is 2.21. The van der Waals surface area contributed by atoms with Gasteiger partial charge in [0.05, 0.1) is 11.8 Å². The molecule has 0 aliphatic rings. The molecule has 5 nitrogen and oxygen atoms in total. The molecule has 0 saturated heterocycles. The van der Waals surface area contributed by atoms with Crippen LogP contribution in [0.1, 0.15) is 37.0 Å². The highest BCUT2D eigenvalue weighted by molar-refractivity contribution is 5.94. The van der Waals surface area contributed by atoms with Crippen molar-refractivity contribution in [2.24, 2.45) is 5.73 Å². The van der Waals surface area contributed by atoms with Gasteiger partial charge in [0.2, 0.25) is 0 Å². The first-order chi connectivity index (χ1) is 8.00. The second-order valence-corrected chi connectivity index (χ2v) is 4.18. The molecule has 0 spiro atoms. The van der Waals surface area contributed by atoms with E-state index in [2.05, 4.69) is 10.3 Å². The number of amides is 1. The van der Waals surface area contributed by atoms with Gasteiger partial charge >= 0.3 is 0 Å². The second-order valence-electron chi connectivity index (χ2n) is 4.18. The third-order valence-corrected chi connectivity index (χ3v) is 3.00. The number of pyridine rings is 1. The molecule has 0 aliphatic carbocycles. The summed E-state index contributed by atoms with van der Waals surface area (Å²) >= 11 is 0. The van der Waals surface area contributed by atoms with E-state index in [1.54, 1.807) is 0 Å². The molecule has 1 aromatic heterocycles. The SMILES string of the molecule is CCC(N)(CC)CNC(=O)c1cncc(O)c1. The molecule has 1 amide bonds. The number of nitrogens with one attached hydrogen (secondary N) is 1. The van der Waals surface area contributed by atoms with Crippen molar-refractivity contribution in [1.29, 1.82) is 0 Å². The lowest BCUT2D eigenvalue weighted by atomic mass is 9.94. The molecule has 0 unspecified atom stereocenters. The minimum absolute atomic E-state index is 0.0253. The molecular formula is C12H19N3O2. The van der Waals surface area contributed by atoms with Crippen LogP contribution >= 0.6 is 0 Å². The van der Waals surface area contributed by atoms with E-state index in [0.29, 0.717) is 12.1 Å². The van der Waals surface area contributed by atoms with Crippen molar-refractivity contribution in [3.05, 3.63) is 24.0 Å². The van der Waals surface area contributed by atoms with Crippen LogP contribution in [0.2, 0.25) is 0 Å². The molecule has 0 aliphatic heterocycles. The van der Waals surface area contributed by atoms with Crippen molar-refractivity contribution in [2.45, 2.75) is 32.2 Å². The smallest absolute Gasteiger partial charge is 0.253 e. The summed E-state index contributed by atoms with van der Waals surface area (Å²) in [6.07, 6.45) is 4.28. The summed E-state index contributed by atoms with van der Waals surface area (Å²) < 4.78 is 0. The molecular weight excluding hydrogens is 218 g/mol. The normalized spacial score (nSPS) is 11.2. The first-order valence-corrected chi connectivity index (χ1v) is 5.72. The van der Waals surface area contributed by atoms with Gasteiger partial charge in [0.1, 0.15) is 5.75 Å². The highest BCUT2D eigenvalue weighted by atomic mass is 16.3. The zero-order valence-corrected chi connectivity index (χ0v) is 10.2. The minimum Gasteiger partial charge on any atom is -0.506 e. The summed E-state index contributed by atoms with van der Waals surface area (Å²) in [6.45, 7) is 4.39. The zero-order chi connectivity index (χ0) is 12.9. The summed E-state index contributed by atoms with van der Waals surface area (Å²) in [7, 11) is 0. The first kappa shape index (κ1) is 13.4. The molecule has 1 rings (SSSR count). The molecule has 0 aromatic carbocycles. The van der Waals surface area contributed by atoms with Crippen molar-refractivity contribution < 1.29 is 9.90 Å². The molecule has 4 N–H and O–H groups in total. The number of hydrogen-bond acceptors (Lipinski definition) is 4. The zero-order valence-electron chi connectivity index (χ0n) is 10.2. The second kappa shape index (κ2) is 5.63. The topological polar surface area (TPSA) is 88.2 Å². The van der Waals surface area contributed by atoms with Crippen molar-refractivity contribution in [3.8, 4) is 5.75 Å².